The van der Waals surface area contributed by atoms with Gasteiger partial charge in [-0.2, -0.15) is 0 Å². The Balaban J connectivity index is 2.98. The van der Waals surface area contributed by atoms with Crippen molar-refractivity contribution in [3.63, 3.8) is 0 Å². The Hall–Kier alpha value is -0.540. The first-order valence-electron chi connectivity index (χ1n) is 5.34. The zero-order valence-electron chi connectivity index (χ0n) is 9.46. The molecule has 0 aliphatic rings. The first-order chi connectivity index (χ1) is 7.60. The van der Waals surface area contributed by atoms with Gasteiger partial charge in [0, 0.05) is 17.6 Å². The fourth-order valence-electron chi connectivity index (χ4n) is 1.50. The lowest BCUT2D eigenvalue weighted by Crippen LogP contribution is -2.31. The number of hydrogen-bond donors (Lipinski definition) is 0. The summed E-state index contributed by atoms with van der Waals surface area (Å²) in [5.74, 6) is -0.00403. The molecule has 1 rings (SSSR count). The highest BCUT2D eigenvalue weighted by molar-refractivity contribution is 9.10. The van der Waals surface area contributed by atoms with E-state index in [0.717, 1.165) is 17.4 Å². The normalized spacial score (nSPS) is 10.2. The molecule has 0 aliphatic carbocycles. The van der Waals surface area contributed by atoms with Crippen molar-refractivity contribution in [1.82, 2.24) is 4.90 Å². The van der Waals surface area contributed by atoms with E-state index in [1.165, 1.54) is 0 Å². The number of amides is 1. The Morgan fingerprint density at radius 1 is 1.44 bits per heavy atom. The van der Waals surface area contributed by atoms with Crippen molar-refractivity contribution >= 4 is 33.4 Å². The van der Waals surface area contributed by atoms with Gasteiger partial charge in [0.1, 0.15) is 0 Å². The molecule has 0 N–H and O–H groups in total. The molecule has 0 spiro atoms. The maximum atomic E-state index is 12.2. The van der Waals surface area contributed by atoms with E-state index in [1.807, 2.05) is 13.0 Å². The molecule has 0 radical (unpaired) electrons. The zero-order valence-corrected chi connectivity index (χ0v) is 11.8. The third-order valence-electron chi connectivity index (χ3n) is 2.32. The van der Waals surface area contributed by atoms with Crippen molar-refractivity contribution in [3.05, 3.63) is 33.3 Å². The molecule has 0 saturated carbocycles. The monoisotopic (exact) mass is 303 g/mol. The molecule has 0 saturated heterocycles. The van der Waals surface area contributed by atoms with E-state index in [-0.39, 0.29) is 5.91 Å². The Morgan fingerprint density at radius 3 is 2.69 bits per heavy atom. The van der Waals surface area contributed by atoms with Crippen LogP contribution in [0, 0.1) is 0 Å². The van der Waals surface area contributed by atoms with E-state index < -0.39 is 0 Å². The molecule has 0 unspecified atom stereocenters. The minimum absolute atomic E-state index is 0.00403. The average Bonchev–Trinajstić information content (AvgIpc) is 2.28. The fraction of sp³-hybridized carbons (Fsp3) is 0.417. The Labute approximate surface area is 110 Å². The van der Waals surface area contributed by atoms with E-state index in [1.54, 1.807) is 17.0 Å². The molecule has 4 heteroatoms. The number of hydrogen-bond acceptors (Lipinski definition) is 1. The molecule has 88 valence electrons. The second kappa shape index (κ2) is 6.26. The van der Waals surface area contributed by atoms with E-state index in [2.05, 4.69) is 22.9 Å². The number of halogens is 2. The van der Waals surface area contributed by atoms with Crippen LogP contribution in [-0.2, 0) is 0 Å². The SMILES string of the molecule is CCCN(CC)C(=O)c1cc(Br)ccc1Cl. The number of rotatable bonds is 4. The smallest absolute Gasteiger partial charge is 0.255 e. The van der Waals surface area contributed by atoms with Gasteiger partial charge < -0.3 is 4.90 Å². The average molecular weight is 305 g/mol. The molecule has 0 aliphatic heterocycles. The van der Waals surface area contributed by atoms with Crippen LogP contribution in [-0.4, -0.2) is 23.9 Å². The predicted molar refractivity (Wildman–Crippen MR) is 71.0 cm³/mol. The summed E-state index contributed by atoms with van der Waals surface area (Å²) in [5, 5.41) is 0.503. The first kappa shape index (κ1) is 13.5. The minimum atomic E-state index is -0.00403. The molecule has 1 amide bonds. The number of nitrogens with zero attached hydrogens (tertiary/aromatic N) is 1. The van der Waals surface area contributed by atoms with Gasteiger partial charge in [0.2, 0.25) is 0 Å². The van der Waals surface area contributed by atoms with Crippen molar-refractivity contribution in [2.75, 3.05) is 13.1 Å². The van der Waals surface area contributed by atoms with Crippen LogP contribution in [0.5, 0.6) is 0 Å². The van der Waals surface area contributed by atoms with Gasteiger partial charge in [0.25, 0.3) is 5.91 Å². The lowest BCUT2D eigenvalue weighted by Gasteiger charge is -2.20. The van der Waals surface area contributed by atoms with Crippen LogP contribution in [0.2, 0.25) is 5.02 Å². The Bertz CT molecular complexity index is 381. The summed E-state index contributed by atoms with van der Waals surface area (Å²) in [6.07, 6.45) is 0.950. The van der Waals surface area contributed by atoms with Gasteiger partial charge in [-0.1, -0.05) is 34.5 Å². The van der Waals surface area contributed by atoms with Crippen LogP contribution in [0.3, 0.4) is 0 Å². The summed E-state index contributed by atoms with van der Waals surface area (Å²) < 4.78 is 0.868. The summed E-state index contributed by atoms with van der Waals surface area (Å²) in [5.41, 5.74) is 0.561. The van der Waals surface area contributed by atoms with Crippen LogP contribution < -0.4 is 0 Å². The van der Waals surface area contributed by atoms with Crippen LogP contribution >= 0.6 is 27.5 Å². The third kappa shape index (κ3) is 3.22. The molecule has 0 bridgehead atoms. The lowest BCUT2D eigenvalue weighted by molar-refractivity contribution is 0.0764. The second-order valence-electron chi connectivity index (χ2n) is 3.51. The van der Waals surface area contributed by atoms with Gasteiger partial charge in [-0.05, 0) is 31.5 Å². The maximum absolute atomic E-state index is 12.2. The van der Waals surface area contributed by atoms with Crippen molar-refractivity contribution < 1.29 is 4.79 Å². The highest BCUT2D eigenvalue weighted by Gasteiger charge is 2.16. The van der Waals surface area contributed by atoms with Crippen LogP contribution in [0.15, 0.2) is 22.7 Å². The fourth-order valence-corrected chi connectivity index (χ4v) is 2.06. The van der Waals surface area contributed by atoms with Gasteiger partial charge in [-0.3, -0.25) is 4.79 Å². The largest absolute Gasteiger partial charge is 0.339 e. The standard InChI is InChI=1S/C12H15BrClNO/c1-3-7-15(4-2)12(16)10-8-9(13)5-6-11(10)14/h5-6,8H,3-4,7H2,1-2H3. The lowest BCUT2D eigenvalue weighted by atomic mass is 10.2. The number of carbonyl (C=O) groups excluding carboxylic acids is 1. The number of carbonyl (C=O) groups is 1. The van der Waals surface area contributed by atoms with E-state index in [9.17, 15) is 4.79 Å². The molecule has 0 fully saturated rings. The molecule has 0 atom stereocenters. The molecule has 1 aromatic carbocycles. The Morgan fingerprint density at radius 2 is 2.12 bits per heavy atom. The molecular weight excluding hydrogens is 289 g/mol. The highest BCUT2D eigenvalue weighted by atomic mass is 79.9. The number of benzene rings is 1. The molecular formula is C12H15BrClNO. The predicted octanol–water partition coefficient (Wildman–Crippen LogP) is 3.97. The summed E-state index contributed by atoms with van der Waals surface area (Å²) >= 11 is 9.37. The molecule has 1 aromatic rings. The van der Waals surface area contributed by atoms with Gasteiger partial charge in [0.05, 0.1) is 10.6 Å². The molecule has 16 heavy (non-hydrogen) atoms. The van der Waals surface area contributed by atoms with Crippen LogP contribution in [0.1, 0.15) is 30.6 Å². The summed E-state index contributed by atoms with van der Waals surface area (Å²) in [6.45, 7) is 5.49. The van der Waals surface area contributed by atoms with E-state index >= 15 is 0 Å². The maximum Gasteiger partial charge on any atom is 0.255 e. The first-order valence-corrected chi connectivity index (χ1v) is 6.51. The van der Waals surface area contributed by atoms with Gasteiger partial charge in [-0.25, -0.2) is 0 Å². The van der Waals surface area contributed by atoms with Gasteiger partial charge in [0.15, 0.2) is 0 Å². The van der Waals surface area contributed by atoms with Gasteiger partial charge >= 0.3 is 0 Å². The van der Waals surface area contributed by atoms with Crippen molar-refractivity contribution in [1.29, 1.82) is 0 Å². The van der Waals surface area contributed by atoms with Crippen LogP contribution in [0.25, 0.3) is 0 Å². The zero-order chi connectivity index (χ0) is 12.1. The Kier molecular flexibility index (Phi) is 5.29. The summed E-state index contributed by atoms with van der Waals surface area (Å²) in [7, 11) is 0. The summed E-state index contributed by atoms with van der Waals surface area (Å²) in [6, 6.07) is 5.33. The molecule has 2 nitrogen and oxygen atoms in total. The van der Waals surface area contributed by atoms with E-state index in [0.29, 0.717) is 17.1 Å². The van der Waals surface area contributed by atoms with Crippen molar-refractivity contribution in [2.45, 2.75) is 20.3 Å². The van der Waals surface area contributed by atoms with Crippen molar-refractivity contribution in [3.8, 4) is 0 Å². The van der Waals surface area contributed by atoms with Crippen molar-refractivity contribution in [2.24, 2.45) is 0 Å². The van der Waals surface area contributed by atoms with Gasteiger partial charge in [-0.15, -0.1) is 0 Å². The highest BCUT2D eigenvalue weighted by Crippen LogP contribution is 2.22. The molecule has 0 aromatic heterocycles. The molecule has 0 heterocycles. The quantitative estimate of drug-likeness (QED) is 0.824. The van der Waals surface area contributed by atoms with Crippen LogP contribution in [0.4, 0.5) is 0 Å². The third-order valence-corrected chi connectivity index (χ3v) is 3.14. The topological polar surface area (TPSA) is 20.3 Å². The van der Waals surface area contributed by atoms with E-state index in [4.69, 9.17) is 11.6 Å². The summed E-state index contributed by atoms with van der Waals surface area (Å²) in [4.78, 5) is 14.0. The minimum Gasteiger partial charge on any atom is -0.339 e. The second-order valence-corrected chi connectivity index (χ2v) is 4.83.